The summed E-state index contributed by atoms with van der Waals surface area (Å²) in [6.07, 6.45) is 9.62. The number of piperidine rings is 1. The van der Waals surface area contributed by atoms with Crippen LogP contribution in [0.1, 0.15) is 43.7 Å². The summed E-state index contributed by atoms with van der Waals surface area (Å²) in [6, 6.07) is 7.25. The Morgan fingerprint density at radius 1 is 1.03 bits per heavy atom. The number of hydrogen-bond donors (Lipinski definition) is 1. The number of aromatic nitrogens is 3. The van der Waals surface area contributed by atoms with Crippen LogP contribution in [-0.2, 0) is 6.42 Å². The Labute approximate surface area is 204 Å². The minimum atomic E-state index is -0.608. The Morgan fingerprint density at radius 2 is 1.83 bits per heavy atom. The molecule has 2 aliphatic heterocycles. The van der Waals surface area contributed by atoms with Crippen molar-refractivity contribution in [2.24, 2.45) is 0 Å². The molecule has 2 aromatic heterocycles. The van der Waals surface area contributed by atoms with E-state index < -0.39 is 5.82 Å². The van der Waals surface area contributed by atoms with Gasteiger partial charge in [-0.25, -0.2) is 23.7 Å². The highest BCUT2D eigenvalue weighted by molar-refractivity contribution is 5.72. The fraction of sp³-hybridized carbons (Fsp3) is 0.370. The van der Waals surface area contributed by atoms with Crippen molar-refractivity contribution in [1.82, 2.24) is 19.9 Å². The van der Waals surface area contributed by atoms with Crippen LogP contribution < -0.4 is 10.2 Å². The van der Waals surface area contributed by atoms with Crippen LogP contribution in [0.25, 0.3) is 11.3 Å². The zero-order chi connectivity index (χ0) is 24.5. The van der Waals surface area contributed by atoms with Gasteiger partial charge in [-0.1, -0.05) is 12.1 Å². The lowest BCUT2D eigenvalue weighted by Crippen LogP contribution is -2.29. The van der Waals surface area contributed by atoms with Crippen LogP contribution in [0.15, 0.2) is 48.9 Å². The number of nitrogens with zero attached hydrogens (tertiary/aromatic N) is 5. The van der Waals surface area contributed by atoms with Crippen molar-refractivity contribution in [2.45, 2.75) is 45.1 Å². The molecular formula is C27H30F2N6. The third kappa shape index (κ3) is 4.89. The number of rotatable bonds is 5. The molecule has 2 aliphatic rings. The minimum absolute atomic E-state index is 0.0467. The molecule has 1 fully saturated rings. The van der Waals surface area contributed by atoms with Crippen LogP contribution in [0.2, 0.25) is 0 Å². The van der Waals surface area contributed by atoms with Crippen LogP contribution in [-0.4, -0.2) is 46.0 Å². The van der Waals surface area contributed by atoms with Crippen molar-refractivity contribution < 1.29 is 8.78 Å². The third-order valence-corrected chi connectivity index (χ3v) is 6.83. The molecule has 4 heterocycles. The summed E-state index contributed by atoms with van der Waals surface area (Å²) in [5.74, 6) is 0.321. The van der Waals surface area contributed by atoms with Gasteiger partial charge in [0.25, 0.3) is 0 Å². The summed E-state index contributed by atoms with van der Waals surface area (Å²) < 4.78 is 29.8. The fourth-order valence-electron chi connectivity index (χ4n) is 4.81. The van der Waals surface area contributed by atoms with Crippen LogP contribution >= 0.6 is 0 Å². The highest BCUT2D eigenvalue weighted by atomic mass is 19.1. The first-order valence-electron chi connectivity index (χ1n) is 12.1. The summed E-state index contributed by atoms with van der Waals surface area (Å²) in [4.78, 5) is 17.3. The molecular weight excluding hydrogens is 446 g/mol. The standard InChI is InChI=1S/C27H30F2N6/c1-17(2)35-10-4-5-21-22(28)13-20(14-24(21)35)26-23(29)16-31-27(33-26)32-25-7-6-19(15-30-25)18-8-11-34(3)12-9-18/h4,6-7,10,13-18H,5,8-9,11-12H2,1-3H3,(H,30,31,32,33). The second-order valence-electron chi connectivity index (χ2n) is 9.62. The quantitative estimate of drug-likeness (QED) is 0.513. The van der Waals surface area contributed by atoms with Gasteiger partial charge in [0.2, 0.25) is 5.95 Å². The van der Waals surface area contributed by atoms with Gasteiger partial charge in [0.15, 0.2) is 5.82 Å². The van der Waals surface area contributed by atoms with Gasteiger partial charge in [0, 0.05) is 35.3 Å². The van der Waals surface area contributed by atoms with Gasteiger partial charge in [-0.05, 0) is 82.9 Å². The van der Waals surface area contributed by atoms with E-state index in [0.29, 0.717) is 29.3 Å². The number of anilines is 3. The van der Waals surface area contributed by atoms with Gasteiger partial charge in [0.1, 0.15) is 17.3 Å². The molecule has 1 aromatic carbocycles. The van der Waals surface area contributed by atoms with Crippen molar-refractivity contribution in [3.63, 3.8) is 0 Å². The van der Waals surface area contributed by atoms with Gasteiger partial charge < -0.3 is 15.1 Å². The number of likely N-dealkylation sites (tertiary alicyclic amines) is 1. The summed E-state index contributed by atoms with van der Waals surface area (Å²) in [5.41, 5.74) is 2.97. The lowest BCUT2D eigenvalue weighted by molar-refractivity contribution is 0.255. The Bertz CT molecular complexity index is 1230. The fourth-order valence-corrected chi connectivity index (χ4v) is 4.81. The molecule has 5 rings (SSSR count). The van der Waals surface area contributed by atoms with E-state index in [-0.39, 0.29) is 23.5 Å². The molecule has 0 amide bonds. The second kappa shape index (κ2) is 9.70. The van der Waals surface area contributed by atoms with Crippen molar-refractivity contribution in [1.29, 1.82) is 0 Å². The van der Waals surface area contributed by atoms with Crippen LogP contribution in [0, 0.1) is 11.6 Å². The second-order valence-corrected chi connectivity index (χ2v) is 9.62. The van der Waals surface area contributed by atoms with Crippen LogP contribution in [0.4, 0.5) is 26.2 Å². The summed E-state index contributed by atoms with van der Waals surface area (Å²) in [6.45, 7) is 6.24. The topological polar surface area (TPSA) is 57.2 Å². The van der Waals surface area contributed by atoms with Gasteiger partial charge in [-0.2, -0.15) is 0 Å². The maximum Gasteiger partial charge on any atom is 0.229 e. The Hall–Kier alpha value is -3.39. The molecule has 1 N–H and O–H groups in total. The first-order valence-corrected chi connectivity index (χ1v) is 12.1. The predicted molar refractivity (Wildman–Crippen MR) is 135 cm³/mol. The number of halogens is 2. The van der Waals surface area contributed by atoms with Crippen molar-refractivity contribution in [3.8, 4) is 11.3 Å². The van der Waals surface area contributed by atoms with Gasteiger partial charge >= 0.3 is 0 Å². The summed E-state index contributed by atoms with van der Waals surface area (Å²) in [5, 5.41) is 3.06. The largest absolute Gasteiger partial charge is 0.345 e. The lowest BCUT2D eigenvalue weighted by atomic mass is 9.91. The maximum atomic E-state index is 15.0. The van der Waals surface area contributed by atoms with E-state index in [4.69, 9.17) is 0 Å². The smallest absolute Gasteiger partial charge is 0.229 e. The first-order chi connectivity index (χ1) is 16.9. The average Bonchev–Trinajstić information content (AvgIpc) is 2.86. The predicted octanol–water partition coefficient (Wildman–Crippen LogP) is 5.65. The number of allylic oxidation sites excluding steroid dienone is 1. The first kappa shape index (κ1) is 23.4. The number of hydrogen-bond acceptors (Lipinski definition) is 6. The Morgan fingerprint density at radius 3 is 2.54 bits per heavy atom. The molecule has 0 unspecified atom stereocenters. The van der Waals surface area contributed by atoms with Gasteiger partial charge in [-0.3, -0.25) is 0 Å². The lowest BCUT2D eigenvalue weighted by Gasteiger charge is -2.30. The molecule has 35 heavy (non-hydrogen) atoms. The molecule has 0 atom stereocenters. The number of nitrogens with one attached hydrogen (secondary N) is 1. The van der Waals surface area contributed by atoms with Gasteiger partial charge in [0.05, 0.1) is 6.20 Å². The van der Waals surface area contributed by atoms with Crippen molar-refractivity contribution in [2.75, 3.05) is 30.4 Å². The summed E-state index contributed by atoms with van der Waals surface area (Å²) in [7, 11) is 2.15. The van der Waals surface area contributed by atoms with Crippen molar-refractivity contribution in [3.05, 3.63) is 71.7 Å². The van der Waals surface area contributed by atoms with Crippen LogP contribution in [0.3, 0.4) is 0 Å². The molecule has 0 saturated carbocycles. The maximum absolute atomic E-state index is 15.0. The Balaban J connectivity index is 1.39. The monoisotopic (exact) mass is 476 g/mol. The highest BCUT2D eigenvalue weighted by Gasteiger charge is 2.22. The van der Waals surface area contributed by atoms with E-state index in [9.17, 15) is 8.78 Å². The highest BCUT2D eigenvalue weighted by Crippen LogP contribution is 2.35. The molecule has 3 aromatic rings. The minimum Gasteiger partial charge on any atom is -0.345 e. The molecule has 0 bridgehead atoms. The van der Waals surface area contributed by atoms with E-state index >= 15 is 0 Å². The zero-order valence-electron chi connectivity index (χ0n) is 20.3. The van der Waals surface area contributed by atoms with Crippen molar-refractivity contribution >= 4 is 17.5 Å². The molecule has 0 spiro atoms. The molecule has 0 aliphatic carbocycles. The van der Waals surface area contributed by atoms with Gasteiger partial charge in [-0.15, -0.1) is 0 Å². The van der Waals surface area contributed by atoms with E-state index in [0.717, 1.165) is 37.8 Å². The molecule has 0 radical (unpaired) electrons. The van der Waals surface area contributed by atoms with Crippen LogP contribution in [0.5, 0.6) is 0 Å². The molecule has 182 valence electrons. The summed E-state index contributed by atoms with van der Waals surface area (Å²) >= 11 is 0. The van der Waals surface area contributed by atoms with E-state index in [2.05, 4.69) is 38.3 Å². The SMILES string of the molecule is CC(C)N1C=CCc2c(F)cc(-c3nc(Nc4ccc(C5CCN(C)CC5)cn4)ncc3F)cc21. The average molecular weight is 477 g/mol. The third-order valence-electron chi connectivity index (χ3n) is 6.83. The normalized spacial score (nSPS) is 16.6. The number of benzene rings is 1. The zero-order valence-corrected chi connectivity index (χ0v) is 20.3. The molecule has 1 saturated heterocycles. The van der Waals surface area contributed by atoms with E-state index in [1.807, 2.05) is 43.3 Å². The number of fused-ring (bicyclic) bond motifs is 1. The molecule has 8 heteroatoms. The molecule has 6 nitrogen and oxygen atoms in total. The van der Waals surface area contributed by atoms with E-state index in [1.54, 1.807) is 6.07 Å². The van der Waals surface area contributed by atoms with E-state index in [1.165, 1.54) is 11.6 Å². The Kier molecular flexibility index (Phi) is 6.47. The number of pyridine rings is 1.